The van der Waals surface area contributed by atoms with Crippen molar-refractivity contribution in [2.75, 3.05) is 19.8 Å². The fourth-order valence-electron chi connectivity index (χ4n) is 2.15. The van der Waals surface area contributed by atoms with Crippen molar-refractivity contribution in [3.63, 3.8) is 0 Å². The van der Waals surface area contributed by atoms with Gasteiger partial charge in [0, 0.05) is 6.61 Å². The molecule has 0 bridgehead atoms. The van der Waals surface area contributed by atoms with Gasteiger partial charge in [0.2, 0.25) is 0 Å². The number of aliphatic hydroxyl groups excluding tert-OH is 5. The highest BCUT2D eigenvalue weighted by molar-refractivity contribution is 4.81. The summed E-state index contributed by atoms with van der Waals surface area (Å²) in [6, 6.07) is 0. The molecule has 5 N–H and O–H groups in total. The minimum absolute atomic E-state index is 0.338. The van der Waals surface area contributed by atoms with Crippen molar-refractivity contribution in [1.29, 1.82) is 0 Å². The van der Waals surface area contributed by atoms with Crippen LogP contribution in [0.25, 0.3) is 0 Å². The smallest absolute Gasteiger partial charge is 0.114 e. The molecule has 0 rings (SSSR count). The summed E-state index contributed by atoms with van der Waals surface area (Å²) in [5.74, 6) is 0. The van der Waals surface area contributed by atoms with Gasteiger partial charge in [-0.15, -0.1) is 0 Å². The van der Waals surface area contributed by atoms with Crippen molar-refractivity contribution in [2.45, 2.75) is 76.3 Å². The maximum atomic E-state index is 9.77. The van der Waals surface area contributed by atoms with Gasteiger partial charge in [0.1, 0.15) is 24.4 Å². The summed E-state index contributed by atoms with van der Waals surface area (Å²) < 4.78 is 5.38. The summed E-state index contributed by atoms with van der Waals surface area (Å²) in [4.78, 5) is 0. The Morgan fingerprint density at radius 3 is 1.81 bits per heavy atom. The van der Waals surface area contributed by atoms with E-state index in [1.54, 1.807) is 0 Å². The molecule has 21 heavy (non-hydrogen) atoms. The molecule has 0 fully saturated rings. The first-order valence-corrected chi connectivity index (χ1v) is 7.96. The van der Waals surface area contributed by atoms with E-state index in [1.165, 1.54) is 25.7 Å². The van der Waals surface area contributed by atoms with Gasteiger partial charge in [-0.2, -0.15) is 0 Å². The number of ether oxygens (including phenoxy) is 1. The van der Waals surface area contributed by atoms with Gasteiger partial charge in [0.05, 0.1) is 13.2 Å². The number of hydrogen-bond acceptors (Lipinski definition) is 6. The highest BCUT2D eigenvalue weighted by Gasteiger charge is 2.32. The third-order valence-corrected chi connectivity index (χ3v) is 3.54. The largest absolute Gasteiger partial charge is 0.394 e. The van der Waals surface area contributed by atoms with Gasteiger partial charge in [-0.3, -0.25) is 0 Å². The first kappa shape index (κ1) is 20.8. The van der Waals surface area contributed by atoms with E-state index in [9.17, 15) is 15.3 Å². The monoisotopic (exact) mass is 308 g/mol. The van der Waals surface area contributed by atoms with Crippen molar-refractivity contribution in [1.82, 2.24) is 0 Å². The van der Waals surface area contributed by atoms with E-state index in [1.807, 2.05) is 0 Å². The van der Waals surface area contributed by atoms with E-state index in [2.05, 4.69) is 6.92 Å². The van der Waals surface area contributed by atoms with Gasteiger partial charge in [-0.05, 0) is 6.42 Å². The van der Waals surface area contributed by atoms with Gasteiger partial charge >= 0.3 is 0 Å². The average molecular weight is 308 g/mol. The lowest BCUT2D eigenvalue weighted by Crippen LogP contribution is -2.48. The molecule has 0 aliphatic heterocycles. The van der Waals surface area contributed by atoms with E-state index in [-0.39, 0.29) is 0 Å². The summed E-state index contributed by atoms with van der Waals surface area (Å²) in [7, 11) is 0. The Morgan fingerprint density at radius 2 is 1.29 bits per heavy atom. The lowest BCUT2D eigenvalue weighted by molar-refractivity contribution is -0.149. The summed E-state index contributed by atoms with van der Waals surface area (Å²) >= 11 is 0. The Balaban J connectivity index is 3.92. The molecule has 4 atom stereocenters. The molecule has 0 amide bonds. The molecule has 0 aromatic carbocycles. The lowest BCUT2D eigenvalue weighted by atomic mass is 10.0. The maximum absolute atomic E-state index is 9.77. The number of unbranched alkanes of at least 4 members (excludes halogenated alkanes) is 6. The Labute approximate surface area is 127 Å². The molecule has 0 aliphatic rings. The zero-order chi connectivity index (χ0) is 16.1. The van der Waals surface area contributed by atoms with Crippen LogP contribution >= 0.6 is 0 Å². The number of rotatable bonds is 14. The van der Waals surface area contributed by atoms with Crippen LogP contribution in [0.1, 0.15) is 51.9 Å². The Bertz CT molecular complexity index is 226. The van der Waals surface area contributed by atoms with Gasteiger partial charge in [-0.1, -0.05) is 45.4 Å². The van der Waals surface area contributed by atoms with Gasteiger partial charge in [-0.25, -0.2) is 0 Å². The van der Waals surface area contributed by atoms with Crippen LogP contribution in [0.4, 0.5) is 0 Å². The molecular formula is C15H32O6. The molecule has 6 nitrogen and oxygen atoms in total. The van der Waals surface area contributed by atoms with E-state index in [0.717, 1.165) is 19.3 Å². The zero-order valence-electron chi connectivity index (χ0n) is 13.0. The summed E-state index contributed by atoms with van der Waals surface area (Å²) in [5.41, 5.74) is 0. The highest BCUT2D eigenvalue weighted by atomic mass is 16.5. The maximum Gasteiger partial charge on any atom is 0.114 e. The molecule has 0 spiro atoms. The van der Waals surface area contributed by atoms with Crippen LogP contribution in [0.15, 0.2) is 0 Å². The second-order valence-corrected chi connectivity index (χ2v) is 5.45. The summed E-state index contributed by atoms with van der Waals surface area (Å²) in [6.07, 6.45) is 2.62. The lowest BCUT2D eigenvalue weighted by Gasteiger charge is -2.29. The minimum Gasteiger partial charge on any atom is -0.394 e. The summed E-state index contributed by atoms with van der Waals surface area (Å²) in [5, 5.41) is 46.5. The fraction of sp³-hybridized carbons (Fsp3) is 1.00. The molecule has 128 valence electrons. The predicted octanol–water partition coefficient (Wildman–Crippen LogP) is 0.189. The van der Waals surface area contributed by atoms with E-state index in [4.69, 9.17) is 14.9 Å². The molecule has 6 heteroatoms. The van der Waals surface area contributed by atoms with E-state index < -0.39 is 37.6 Å². The van der Waals surface area contributed by atoms with Crippen LogP contribution in [0, 0.1) is 0 Å². The van der Waals surface area contributed by atoms with Gasteiger partial charge in [0.25, 0.3) is 0 Å². The van der Waals surface area contributed by atoms with Crippen LogP contribution in [-0.2, 0) is 4.74 Å². The Kier molecular flexibility index (Phi) is 13.3. The Morgan fingerprint density at radius 1 is 0.762 bits per heavy atom. The SMILES string of the molecule is CCCCCCCCCO[C@@H]([C@H](O)[C@@H](O)CO)[C@H](O)CO. The highest BCUT2D eigenvalue weighted by Crippen LogP contribution is 2.12. The Hall–Kier alpha value is -0.240. The first-order valence-electron chi connectivity index (χ1n) is 7.96. The predicted molar refractivity (Wildman–Crippen MR) is 79.9 cm³/mol. The molecular weight excluding hydrogens is 276 g/mol. The van der Waals surface area contributed by atoms with Crippen LogP contribution < -0.4 is 0 Å². The van der Waals surface area contributed by atoms with Crippen molar-refractivity contribution >= 4 is 0 Å². The van der Waals surface area contributed by atoms with Gasteiger partial charge in [0.15, 0.2) is 0 Å². The van der Waals surface area contributed by atoms with Crippen LogP contribution in [0.3, 0.4) is 0 Å². The minimum atomic E-state index is -1.43. The molecule has 0 aliphatic carbocycles. The summed E-state index contributed by atoms with van der Waals surface area (Å²) in [6.45, 7) is 1.31. The third-order valence-electron chi connectivity index (χ3n) is 3.54. The molecule has 0 unspecified atom stereocenters. The number of hydrogen-bond donors (Lipinski definition) is 5. The third kappa shape index (κ3) is 9.39. The second-order valence-electron chi connectivity index (χ2n) is 5.45. The van der Waals surface area contributed by atoms with Crippen LogP contribution in [-0.4, -0.2) is 69.8 Å². The van der Waals surface area contributed by atoms with Crippen LogP contribution in [0.2, 0.25) is 0 Å². The van der Waals surface area contributed by atoms with Crippen LogP contribution in [0.5, 0.6) is 0 Å². The second kappa shape index (κ2) is 13.4. The molecule has 0 saturated carbocycles. The molecule has 0 heterocycles. The normalized spacial score (nSPS) is 17.4. The van der Waals surface area contributed by atoms with E-state index >= 15 is 0 Å². The van der Waals surface area contributed by atoms with Crippen molar-refractivity contribution in [3.8, 4) is 0 Å². The molecule has 0 aromatic rings. The van der Waals surface area contributed by atoms with Crippen molar-refractivity contribution in [2.24, 2.45) is 0 Å². The fourth-order valence-corrected chi connectivity index (χ4v) is 2.15. The van der Waals surface area contributed by atoms with Crippen molar-refractivity contribution in [3.05, 3.63) is 0 Å². The quantitative estimate of drug-likeness (QED) is 0.293. The number of aliphatic hydroxyl groups is 5. The topological polar surface area (TPSA) is 110 Å². The standard InChI is InChI=1S/C15H32O6/c1-2-3-4-5-6-7-8-9-21-15(13(19)11-17)14(20)12(18)10-16/h12-20H,2-11H2,1H3/t12-,13+,14+,15+/m0/s1. The molecule has 0 saturated heterocycles. The van der Waals surface area contributed by atoms with Crippen molar-refractivity contribution < 1.29 is 30.3 Å². The molecule has 0 aromatic heterocycles. The van der Waals surface area contributed by atoms with Gasteiger partial charge < -0.3 is 30.3 Å². The van der Waals surface area contributed by atoms with E-state index in [0.29, 0.717) is 6.61 Å². The first-order chi connectivity index (χ1) is 10.1. The molecule has 0 radical (unpaired) electrons. The average Bonchev–Trinajstić information content (AvgIpc) is 2.51. The zero-order valence-corrected chi connectivity index (χ0v) is 13.0.